The van der Waals surface area contributed by atoms with Gasteiger partial charge in [0, 0.05) is 5.92 Å². The van der Waals surface area contributed by atoms with Crippen LogP contribution in [0.2, 0.25) is 0 Å². The lowest BCUT2D eigenvalue weighted by Crippen LogP contribution is -2.01. The lowest BCUT2D eigenvalue weighted by atomic mass is 9.87. The molecule has 0 saturated carbocycles. The Kier molecular flexibility index (Phi) is 11.1. The summed E-state index contributed by atoms with van der Waals surface area (Å²) in [4.78, 5) is 0. The zero-order chi connectivity index (χ0) is 17.8. The molecule has 0 fully saturated rings. The molecule has 0 nitrogen and oxygen atoms in total. The van der Waals surface area contributed by atoms with Gasteiger partial charge in [-0.3, -0.25) is 0 Å². The van der Waals surface area contributed by atoms with Crippen LogP contribution in [-0.4, -0.2) is 0 Å². The van der Waals surface area contributed by atoms with Gasteiger partial charge in [-0.1, -0.05) is 95.5 Å². The van der Waals surface area contributed by atoms with Crippen molar-refractivity contribution in [3.05, 3.63) is 70.3 Å². The summed E-state index contributed by atoms with van der Waals surface area (Å²) in [6.07, 6.45) is 2.50. The average molecular weight is 313 g/mol. The van der Waals surface area contributed by atoms with E-state index < -0.39 is 0 Å². The summed E-state index contributed by atoms with van der Waals surface area (Å²) in [6.45, 7) is 17.3. The first-order chi connectivity index (χ1) is 10.9. The van der Waals surface area contributed by atoms with E-state index in [1.807, 2.05) is 0 Å². The van der Waals surface area contributed by atoms with E-state index >= 15 is 0 Å². The molecular weight excluding hydrogens is 276 g/mol. The number of hydrogen-bond acceptors (Lipinski definition) is 0. The Bertz CT molecular complexity index is 512. The number of aryl methyl sites for hydroxylation is 3. The van der Waals surface area contributed by atoms with Crippen LogP contribution in [0, 0.1) is 20.8 Å². The predicted octanol–water partition coefficient (Wildman–Crippen LogP) is 7.60. The van der Waals surface area contributed by atoms with Crippen LogP contribution in [0.1, 0.15) is 81.2 Å². The molecule has 0 bridgehead atoms. The molecule has 2 aromatic carbocycles. The van der Waals surface area contributed by atoms with Crippen LogP contribution in [0.3, 0.4) is 0 Å². The molecule has 128 valence electrons. The molecule has 0 radical (unpaired) electrons. The molecule has 0 aliphatic heterocycles. The Hall–Kier alpha value is -1.56. The lowest BCUT2D eigenvalue weighted by Gasteiger charge is -2.18. The maximum Gasteiger partial charge on any atom is 0.00662 e. The third-order valence-corrected chi connectivity index (χ3v) is 3.55. The summed E-state index contributed by atoms with van der Waals surface area (Å²) >= 11 is 0. The molecule has 23 heavy (non-hydrogen) atoms. The standard InChI is InChI=1S/C17H20.2C3H8/c1-12-8-10-16(11-9-12)15(4)17-13(2)6-5-7-14(17)3;2*1-3-2/h5-11,15H,1-4H3;2*3H2,1-2H3. The minimum atomic E-state index is 0.469. The van der Waals surface area contributed by atoms with Crippen molar-refractivity contribution in [2.45, 2.75) is 74.1 Å². The van der Waals surface area contributed by atoms with Gasteiger partial charge in [0.25, 0.3) is 0 Å². The number of rotatable bonds is 2. The molecule has 1 unspecified atom stereocenters. The highest BCUT2D eigenvalue weighted by Gasteiger charge is 2.12. The topological polar surface area (TPSA) is 0 Å². The van der Waals surface area contributed by atoms with Gasteiger partial charge in [0.15, 0.2) is 0 Å². The van der Waals surface area contributed by atoms with Gasteiger partial charge in [-0.05, 0) is 43.0 Å². The van der Waals surface area contributed by atoms with Gasteiger partial charge in [0.2, 0.25) is 0 Å². The first-order valence-electron chi connectivity index (χ1n) is 9.05. The summed E-state index contributed by atoms with van der Waals surface area (Å²) < 4.78 is 0. The molecule has 0 amide bonds. The summed E-state index contributed by atoms with van der Waals surface area (Å²) in [5.41, 5.74) is 6.96. The summed E-state index contributed by atoms with van der Waals surface area (Å²) in [7, 11) is 0. The van der Waals surface area contributed by atoms with E-state index in [9.17, 15) is 0 Å². The predicted molar refractivity (Wildman–Crippen MR) is 107 cm³/mol. The Morgan fingerprint density at radius 2 is 1.09 bits per heavy atom. The van der Waals surface area contributed by atoms with Gasteiger partial charge in [0.05, 0.1) is 0 Å². The maximum atomic E-state index is 2.29. The average Bonchev–Trinajstić information content (AvgIpc) is 2.49. The van der Waals surface area contributed by atoms with Crippen molar-refractivity contribution >= 4 is 0 Å². The second kappa shape index (κ2) is 11.9. The van der Waals surface area contributed by atoms with Gasteiger partial charge < -0.3 is 0 Å². The SMILES string of the molecule is CCC.CCC.Cc1ccc(C(C)c2c(C)cccc2C)cc1. The minimum absolute atomic E-state index is 0.469. The second-order valence-corrected chi connectivity index (χ2v) is 6.35. The fourth-order valence-corrected chi connectivity index (χ4v) is 2.53. The van der Waals surface area contributed by atoms with Crippen LogP contribution in [-0.2, 0) is 0 Å². The molecule has 0 heteroatoms. The molecule has 0 saturated heterocycles. The molecule has 0 spiro atoms. The Labute approximate surface area is 145 Å². The second-order valence-electron chi connectivity index (χ2n) is 6.35. The van der Waals surface area contributed by atoms with Gasteiger partial charge in [0.1, 0.15) is 0 Å². The van der Waals surface area contributed by atoms with E-state index in [-0.39, 0.29) is 0 Å². The quantitative estimate of drug-likeness (QED) is 0.535. The van der Waals surface area contributed by atoms with Crippen LogP contribution in [0.5, 0.6) is 0 Å². The van der Waals surface area contributed by atoms with E-state index in [4.69, 9.17) is 0 Å². The highest BCUT2D eigenvalue weighted by Crippen LogP contribution is 2.29. The van der Waals surface area contributed by atoms with Crippen LogP contribution >= 0.6 is 0 Å². The van der Waals surface area contributed by atoms with Crippen LogP contribution in [0.4, 0.5) is 0 Å². The molecule has 0 aliphatic carbocycles. The third kappa shape index (κ3) is 7.50. The lowest BCUT2D eigenvalue weighted by molar-refractivity contribution is 0.897. The van der Waals surface area contributed by atoms with Crippen LogP contribution in [0.25, 0.3) is 0 Å². The maximum absolute atomic E-state index is 2.29. The summed E-state index contributed by atoms with van der Waals surface area (Å²) in [6, 6.07) is 15.4. The normalized spacial score (nSPS) is 10.8. The van der Waals surface area contributed by atoms with Gasteiger partial charge in [-0.15, -0.1) is 0 Å². The third-order valence-electron chi connectivity index (χ3n) is 3.55. The van der Waals surface area contributed by atoms with Gasteiger partial charge in [-0.2, -0.15) is 0 Å². The van der Waals surface area contributed by atoms with Crippen molar-refractivity contribution in [1.29, 1.82) is 0 Å². The van der Waals surface area contributed by atoms with E-state index in [1.165, 1.54) is 40.7 Å². The molecule has 2 aromatic rings. The van der Waals surface area contributed by atoms with E-state index in [2.05, 4.69) is 97.9 Å². The number of benzene rings is 2. The molecule has 2 rings (SSSR count). The Balaban J connectivity index is 0.000000704. The Morgan fingerprint density at radius 1 is 0.696 bits per heavy atom. The van der Waals surface area contributed by atoms with Gasteiger partial charge >= 0.3 is 0 Å². The van der Waals surface area contributed by atoms with E-state index in [1.54, 1.807) is 0 Å². The highest BCUT2D eigenvalue weighted by atomic mass is 14.2. The highest BCUT2D eigenvalue weighted by molar-refractivity contribution is 5.42. The van der Waals surface area contributed by atoms with Gasteiger partial charge in [-0.25, -0.2) is 0 Å². The molecule has 0 aromatic heterocycles. The first-order valence-corrected chi connectivity index (χ1v) is 9.05. The van der Waals surface area contributed by atoms with Crippen molar-refractivity contribution < 1.29 is 0 Å². The van der Waals surface area contributed by atoms with Crippen molar-refractivity contribution in [2.75, 3.05) is 0 Å². The Morgan fingerprint density at radius 3 is 1.48 bits per heavy atom. The molecule has 0 N–H and O–H groups in total. The molecule has 0 heterocycles. The number of hydrogen-bond donors (Lipinski definition) is 0. The van der Waals surface area contributed by atoms with Crippen LogP contribution < -0.4 is 0 Å². The van der Waals surface area contributed by atoms with Crippen molar-refractivity contribution in [2.24, 2.45) is 0 Å². The molecule has 1 atom stereocenters. The molecular formula is C23H36. The first kappa shape index (κ1) is 21.4. The zero-order valence-electron chi connectivity index (χ0n) is 16.5. The van der Waals surface area contributed by atoms with Crippen molar-refractivity contribution in [3.63, 3.8) is 0 Å². The minimum Gasteiger partial charge on any atom is -0.0656 e. The summed E-state index contributed by atoms with van der Waals surface area (Å²) in [5, 5.41) is 0. The van der Waals surface area contributed by atoms with E-state index in [0.717, 1.165) is 0 Å². The van der Waals surface area contributed by atoms with Crippen molar-refractivity contribution in [3.8, 4) is 0 Å². The zero-order valence-corrected chi connectivity index (χ0v) is 16.5. The monoisotopic (exact) mass is 312 g/mol. The largest absolute Gasteiger partial charge is 0.0656 e. The van der Waals surface area contributed by atoms with Crippen molar-refractivity contribution in [1.82, 2.24) is 0 Å². The smallest absolute Gasteiger partial charge is 0.00662 e. The molecule has 0 aliphatic rings. The van der Waals surface area contributed by atoms with Crippen LogP contribution in [0.15, 0.2) is 42.5 Å². The summed E-state index contributed by atoms with van der Waals surface area (Å²) in [5.74, 6) is 0.469. The fourth-order valence-electron chi connectivity index (χ4n) is 2.53. The van der Waals surface area contributed by atoms with E-state index in [0.29, 0.717) is 5.92 Å². The fraction of sp³-hybridized carbons (Fsp3) is 0.478.